The largest absolute Gasteiger partial charge is 0.687 e. The van der Waals surface area contributed by atoms with Crippen LogP contribution < -0.4 is 20.4 Å². The van der Waals surface area contributed by atoms with Gasteiger partial charge in [0.2, 0.25) is 0 Å². The van der Waals surface area contributed by atoms with E-state index in [0.29, 0.717) is 0 Å². The predicted octanol–water partition coefficient (Wildman–Crippen LogP) is -3.59. The Morgan fingerprint density at radius 3 is 2.21 bits per heavy atom. The first-order valence-corrected chi connectivity index (χ1v) is 6.06. The molecule has 0 spiro atoms. The molecule has 0 fully saturated rings. The fourth-order valence-electron chi connectivity index (χ4n) is 0.967. The van der Waals surface area contributed by atoms with Crippen molar-refractivity contribution in [3.63, 3.8) is 0 Å². The third kappa shape index (κ3) is 3.78. The van der Waals surface area contributed by atoms with E-state index in [1.165, 1.54) is 0 Å². The van der Waals surface area contributed by atoms with Crippen molar-refractivity contribution in [1.29, 1.82) is 0 Å². The van der Waals surface area contributed by atoms with Crippen molar-refractivity contribution in [2.45, 2.75) is 24.7 Å². The molecular formula is C6H12NO5PS-2. The molecule has 0 rings (SSSR count). The van der Waals surface area contributed by atoms with E-state index in [-0.39, 0.29) is 5.75 Å². The van der Waals surface area contributed by atoms with Crippen LogP contribution in [0.1, 0.15) is 6.92 Å². The number of carbonyl (C=O) groups excluding carboxylic acids is 1. The molecule has 0 heterocycles. The molecule has 14 heavy (non-hydrogen) atoms. The molecule has 0 aliphatic rings. The molecule has 8 heteroatoms. The summed E-state index contributed by atoms with van der Waals surface area (Å²) in [6.07, 6.45) is -1.56. The Balaban J connectivity index is 4.77. The van der Waals surface area contributed by atoms with Gasteiger partial charge in [0.1, 0.15) is 5.66 Å². The summed E-state index contributed by atoms with van der Waals surface area (Å²) in [5.74, 6) is -1.08. The van der Waals surface area contributed by atoms with Crippen LogP contribution >= 0.6 is 20.6 Å². The normalized spacial score (nSPS) is 18.8. The van der Waals surface area contributed by atoms with E-state index >= 15 is 0 Å². The van der Waals surface area contributed by atoms with Gasteiger partial charge in [0.25, 0.3) is 0 Å². The maximum Gasteiger partial charge on any atom is 0.192 e. The fraction of sp³-hybridized carbons (Fsp3) is 0.833. The van der Waals surface area contributed by atoms with E-state index in [1.54, 1.807) is 0 Å². The van der Waals surface area contributed by atoms with Crippen LogP contribution in [-0.2, 0) is 4.79 Å². The van der Waals surface area contributed by atoms with Gasteiger partial charge in [-0.05, 0) is 6.92 Å². The van der Waals surface area contributed by atoms with Gasteiger partial charge in [-0.1, -0.05) is 0 Å². The lowest BCUT2D eigenvalue weighted by molar-refractivity contribution is -0.430. The van der Waals surface area contributed by atoms with E-state index in [1.807, 2.05) is 0 Å². The Bertz CT molecular complexity index is 207. The van der Waals surface area contributed by atoms with Gasteiger partial charge in [-0.15, -0.1) is 7.94 Å². The molecule has 0 aromatic rings. The molecule has 0 aromatic carbocycles. The van der Waals surface area contributed by atoms with Crippen LogP contribution in [0.15, 0.2) is 0 Å². The summed E-state index contributed by atoms with van der Waals surface area (Å²) < 4.78 is 0. The summed E-state index contributed by atoms with van der Waals surface area (Å²) >= 11 is 3.69. The molecule has 0 bridgehead atoms. The number of rotatable bonds is 5. The summed E-state index contributed by atoms with van der Waals surface area (Å²) in [4.78, 5) is 43.2. The number of aliphatic hydroxyl groups excluding tert-OH is 1. The smallest absolute Gasteiger partial charge is 0.192 e. The average Bonchev–Trinajstić information content (AvgIpc) is 1.99. The van der Waals surface area contributed by atoms with Crippen molar-refractivity contribution in [2.75, 3.05) is 5.75 Å². The number of carbonyl (C=O) groups is 1. The molecule has 3 N–H and O–H groups in total. The molecule has 0 amide bonds. The minimum Gasteiger partial charge on any atom is -0.687 e. The average molecular weight is 241 g/mol. The summed E-state index contributed by atoms with van der Waals surface area (Å²) in [7, 11) is -5.17. The molecule has 0 saturated heterocycles. The minimum atomic E-state index is -5.17. The number of thiol groups is 1. The van der Waals surface area contributed by atoms with Crippen LogP contribution in [0.4, 0.5) is 0 Å². The third-order valence-electron chi connectivity index (χ3n) is 1.65. The number of aliphatic hydroxyl groups is 1. The first-order valence-electron chi connectivity index (χ1n) is 3.81. The maximum absolute atomic E-state index is 11.3. The third-order valence-corrected chi connectivity index (χ3v) is 3.41. The van der Waals surface area contributed by atoms with Crippen LogP contribution in [0, 0.1) is 0 Å². The fourth-order valence-corrected chi connectivity index (χ4v) is 2.18. The highest BCUT2D eigenvalue weighted by Crippen LogP contribution is 2.38. The van der Waals surface area contributed by atoms with Crippen molar-refractivity contribution in [3.8, 4) is 0 Å². The van der Waals surface area contributed by atoms with E-state index in [4.69, 9.17) is 10.8 Å². The van der Waals surface area contributed by atoms with E-state index < -0.39 is 31.5 Å². The van der Waals surface area contributed by atoms with Gasteiger partial charge in [0.15, 0.2) is 5.78 Å². The lowest BCUT2D eigenvalue weighted by atomic mass is 10.1. The van der Waals surface area contributed by atoms with E-state index in [2.05, 4.69) is 12.6 Å². The van der Waals surface area contributed by atoms with Gasteiger partial charge < -0.3 is 25.5 Å². The molecule has 0 aliphatic heterocycles. The molecule has 0 unspecified atom stereocenters. The summed E-state index contributed by atoms with van der Waals surface area (Å²) in [6, 6.07) is -1.16. The number of hydrogen-bond donors (Lipinski definition) is 3. The quantitative estimate of drug-likeness (QED) is 0.336. The Morgan fingerprint density at radius 1 is 1.57 bits per heavy atom. The molecular weight excluding hydrogens is 229 g/mol. The van der Waals surface area contributed by atoms with E-state index in [9.17, 15) is 19.5 Å². The van der Waals surface area contributed by atoms with Gasteiger partial charge in [-0.25, -0.2) is 0 Å². The molecule has 3 atom stereocenters. The van der Waals surface area contributed by atoms with Crippen LogP contribution in [0.3, 0.4) is 0 Å². The zero-order valence-corrected chi connectivity index (χ0v) is 9.28. The van der Waals surface area contributed by atoms with E-state index in [0.717, 1.165) is 6.92 Å². The molecule has 0 aromatic heterocycles. The highest BCUT2D eigenvalue weighted by Gasteiger charge is 2.34. The highest BCUT2D eigenvalue weighted by molar-refractivity contribution is 7.80. The van der Waals surface area contributed by atoms with Gasteiger partial charge in [0, 0.05) is 5.75 Å². The highest BCUT2D eigenvalue weighted by atomic mass is 32.1. The Hall–Kier alpha value is 0.250. The lowest BCUT2D eigenvalue weighted by Crippen LogP contribution is -2.54. The van der Waals surface area contributed by atoms with Crippen molar-refractivity contribution in [3.05, 3.63) is 0 Å². The van der Waals surface area contributed by atoms with Gasteiger partial charge >= 0.3 is 0 Å². The zero-order chi connectivity index (χ0) is 11.5. The predicted molar refractivity (Wildman–Crippen MR) is 49.2 cm³/mol. The second-order valence-electron chi connectivity index (χ2n) is 2.92. The SMILES string of the molecule is C[C@H](O)[C@H](C(=O)[C@@H](N)CS)[P+]([O-])([O-])[O-]. The number of ketones is 1. The standard InChI is InChI=1S/C6H14NO5PS/c1-3(8)6(13(10,11)12)5(9)4(7)2-14/h3-4,6,8,14H,2,7H2,1H3,(H2,10,11,12)/p-2/t3-,4-,6+/m0/s1. The van der Waals surface area contributed by atoms with Crippen LogP contribution in [0.5, 0.6) is 0 Å². The zero-order valence-electron chi connectivity index (χ0n) is 7.49. The number of Topliss-reactive ketones (excluding diaryl/α,β-unsaturated/α-hetero) is 1. The summed E-state index contributed by atoms with van der Waals surface area (Å²) in [5, 5.41) is 8.99. The van der Waals surface area contributed by atoms with Crippen LogP contribution in [0.25, 0.3) is 0 Å². The first kappa shape index (κ1) is 14.2. The lowest BCUT2D eigenvalue weighted by Gasteiger charge is -2.49. The van der Waals surface area contributed by atoms with Gasteiger partial charge in [-0.3, -0.25) is 4.79 Å². The monoisotopic (exact) mass is 241 g/mol. The summed E-state index contributed by atoms with van der Waals surface area (Å²) in [6.45, 7) is 1.05. The Morgan fingerprint density at radius 2 is 2.00 bits per heavy atom. The molecule has 6 nitrogen and oxygen atoms in total. The first-order chi connectivity index (χ1) is 6.21. The second-order valence-corrected chi connectivity index (χ2v) is 4.92. The topological polar surface area (TPSA) is 132 Å². The van der Waals surface area contributed by atoms with Crippen molar-refractivity contribution in [2.24, 2.45) is 5.73 Å². The maximum atomic E-state index is 11.3. The molecule has 84 valence electrons. The Labute approximate surface area is 87.7 Å². The number of nitrogens with two attached hydrogens (primary N) is 1. The molecule has 0 radical (unpaired) electrons. The van der Waals surface area contributed by atoms with Crippen molar-refractivity contribution < 1.29 is 24.6 Å². The minimum absolute atomic E-state index is 0.0813. The number of hydrogen-bond acceptors (Lipinski definition) is 7. The van der Waals surface area contributed by atoms with Gasteiger partial charge in [0.05, 0.1) is 12.1 Å². The van der Waals surface area contributed by atoms with Crippen LogP contribution in [0.2, 0.25) is 0 Å². The Kier molecular flexibility index (Phi) is 5.46. The van der Waals surface area contributed by atoms with Crippen molar-refractivity contribution in [1.82, 2.24) is 0 Å². The van der Waals surface area contributed by atoms with Crippen molar-refractivity contribution >= 4 is 26.4 Å². The summed E-state index contributed by atoms with van der Waals surface area (Å²) in [5.41, 5.74) is 3.23. The molecule has 0 aliphatic carbocycles. The van der Waals surface area contributed by atoms with Gasteiger partial charge in [-0.2, -0.15) is 12.6 Å². The molecule has 0 saturated carbocycles. The van der Waals surface area contributed by atoms with Crippen LogP contribution in [-0.4, -0.2) is 34.4 Å². The second kappa shape index (κ2) is 5.37.